The molecule has 5 aromatic rings. The summed E-state index contributed by atoms with van der Waals surface area (Å²) in [6, 6.07) is 16.7. The molecule has 3 fully saturated rings. The van der Waals surface area contributed by atoms with E-state index >= 15 is 0 Å². The summed E-state index contributed by atoms with van der Waals surface area (Å²) >= 11 is 2.45. The number of rotatable bonds is 19. The molecule has 474 valence electrons. The molecule has 2 aromatic heterocycles. The van der Waals surface area contributed by atoms with E-state index in [1.165, 1.54) is 38.2 Å². The second-order valence-electron chi connectivity index (χ2n) is 25.2. The number of aryl methyl sites for hydroxylation is 1. The monoisotopic (exact) mass is 1270 g/mol. The molecule has 8 amide bonds. The molecule has 0 saturated carbocycles. The van der Waals surface area contributed by atoms with Crippen molar-refractivity contribution in [1.82, 2.24) is 45.9 Å². The number of aromatic nitrogens is 1. The summed E-state index contributed by atoms with van der Waals surface area (Å²) in [4.78, 5) is 143. The van der Waals surface area contributed by atoms with Crippen LogP contribution in [-0.4, -0.2) is 163 Å². The number of thiazole rings is 1. The molecule has 88 heavy (non-hydrogen) atoms. The third kappa shape index (κ3) is 15.7. The molecule has 0 bridgehead atoms. The van der Waals surface area contributed by atoms with Crippen molar-refractivity contribution in [2.75, 3.05) is 45.8 Å². The van der Waals surface area contributed by atoms with Gasteiger partial charge >= 0.3 is 13.3 Å². The maximum Gasteiger partial charge on any atom is 0.399 e. The van der Waals surface area contributed by atoms with Crippen molar-refractivity contribution in [3.63, 3.8) is 0 Å². The summed E-state index contributed by atoms with van der Waals surface area (Å²) in [5, 5.41) is 22.2. The largest absolute Gasteiger partial charge is 0.399 e. The summed E-state index contributed by atoms with van der Waals surface area (Å²) in [6.45, 7) is 14.3. The lowest BCUT2D eigenvalue weighted by atomic mass is 9.85. The number of benzene rings is 3. The van der Waals surface area contributed by atoms with Gasteiger partial charge in [0.2, 0.25) is 41.4 Å². The number of nitrogens with zero attached hydrogens (tertiary/aromatic N) is 5. The predicted octanol–water partition coefficient (Wildman–Crippen LogP) is 6.81. The number of piperazine rings is 1. The van der Waals surface area contributed by atoms with Crippen LogP contribution in [0.1, 0.15) is 131 Å². The van der Waals surface area contributed by atoms with Crippen LogP contribution >= 0.6 is 30.3 Å². The standard InChI is InChI=1S/C62H78F2N9O12PS2/c1-36(38-18-20-40(21-19-38)52-37(2)66-35-87-52)67-55(78)45-30-44(74)33-73(45)59(82)53(60(3,4)5)68-49(75)17-12-24-65-50(76)31-51(77)70-26-27-72(46(34-70)57(80)71-25-13-16-41(32-71)39-14-10-9-11-15-39)58(81)54(61(6,7)8)69-56(79)48-29-42-28-43(22-23-47(42)88-48)62(63,64)86(83,84)85/h9-11,14-15,18-23,28-29,35-36,41,44-46,53-54,74H,12-13,16-17,24-27,30-34H2,1-8H3,(H,65,76)(H,67,78)(H,68,75)(H,69,79)(H2,83,84,85)/t36-,41?,44+,45-,46?,53?,54?/m0/s1. The second-order valence-corrected chi connectivity index (χ2v) is 28.7. The van der Waals surface area contributed by atoms with E-state index in [0.717, 1.165) is 57.2 Å². The van der Waals surface area contributed by atoms with Crippen LogP contribution in [0.3, 0.4) is 0 Å². The molecule has 0 aliphatic carbocycles. The van der Waals surface area contributed by atoms with Crippen LogP contribution in [-0.2, 0) is 43.8 Å². The molecule has 0 spiro atoms. The van der Waals surface area contributed by atoms with Gasteiger partial charge in [-0.05, 0) is 84.2 Å². The van der Waals surface area contributed by atoms with E-state index in [9.17, 15) is 66.6 Å². The zero-order valence-electron chi connectivity index (χ0n) is 50.6. The minimum absolute atomic E-state index is 0.00838. The lowest BCUT2D eigenvalue weighted by molar-refractivity contribution is -0.155. The first-order chi connectivity index (χ1) is 41.3. The first kappa shape index (κ1) is 66.9. The molecule has 7 atom stereocenters. The Morgan fingerprint density at radius 3 is 2.09 bits per heavy atom. The van der Waals surface area contributed by atoms with E-state index in [2.05, 4.69) is 26.3 Å². The average molecular weight is 1270 g/mol. The van der Waals surface area contributed by atoms with Gasteiger partial charge < -0.3 is 55.8 Å². The third-order valence-corrected chi connectivity index (χ3v) is 19.5. The van der Waals surface area contributed by atoms with E-state index in [4.69, 9.17) is 0 Å². The Morgan fingerprint density at radius 2 is 1.44 bits per heavy atom. The number of halogens is 2. The van der Waals surface area contributed by atoms with Gasteiger partial charge in [0.15, 0.2) is 0 Å². The normalized spacial score (nSPS) is 19.6. The highest BCUT2D eigenvalue weighted by atomic mass is 32.1. The van der Waals surface area contributed by atoms with Gasteiger partial charge in [-0.3, -0.25) is 42.9 Å². The van der Waals surface area contributed by atoms with Crippen molar-refractivity contribution in [3.8, 4) is 10.4 Å². The zero-order valence-corrected chi connectivity index (χ0v) is 53.1. The Morgan fingerprint density at radius 1 is 0.773 bits per heavy atom. The van der Waals surface area contributed by atoms with E-state index in [1.54, 1.807) is 52.0 Å². The molecule has 5 heterocycles. The van der Waals surface area contributed by atoms with Crippen LogP contribution in [0.4, 0.5) is 8.78 Å². The first-order valence-corrected chi connectivity index (χ1v) is 32.7. The van der Waals surface area contributed by atoms with Crippen molar-refractivity contribution in [3.05, 3.63) is 112 Å². The molecule has 3 aromatic carbocycles. The Hall–Kier alpha value is -7.02. The van der Waals surface area contributed by atoms with Crippen LogP contribution in [0, 0.1) is 17.8 Å². The number of amides is 8. The number of thiophene rings is 1. The van der Waals surface area contributed by atoms with Gasteiger partial charge in [0, 0.05) is 68.3 Å². The Labute approximate surface area is 518 Å². The van der Waals surface area contributed by atoms with Crippen molar-refractivity contribution >= 4 is 87.6 Å². The quantitative estimate of drug-likeness (QED) is 0.0255. The summed E-state index contributed by atoms with van der Waals surface area (Å²) in [6.07, 6.45) is -0.107. The maximum absolute atomic E-state index is 15.0. The van der Waals surface area contributed by atoms with Crippen LogP contribution < -0.4 is 21.3 Å². The average Bonchev–Trinajstić information content (AvgIpc) is 2.40. The van der Waals surface area contributed by atoms with Crippen molar-refractivity contribution < 1.29 is 66.6 Å². The zero-order chi connectivity index (χ0) is 64.2. The highest BCUT2D eigenvalue weighted by molar-refractivity contribution is 7.52. The maximum atomic E-state index is 15.0. The number of β-amino-alcohol motifs (C(OH)–C–C–N with tert-alkyl or cyclic N) is 1. The highest BCUT2D eigenvalue weighted by Crippen LogP contribution is 2.59. The van der Waals surface area contributed by atoms with E-state index in [0.29, 0.717) is 24.2 Å². The van der Waals surface area contributed by atoms with Crippen LogP contribution in [0.25, 0.3) is 20.5 Å². The fourth-order valence-corrected chi connectivity index (χ4v) is 13.7. The number of nitrogens with one attached hydrogen (secondary N) is 4. The Bertz CT molecular complexity index is 3460. The third-order valence-electron chi connectivity index (χ3n) is 16.4. The van der Waals surface area contributed by atoms with Gasteiger partial charge in [0.05, 0.1) is 39.6 Å². The Balaban J connectivity index is 0.878. The molecule has 8 rings (SSSR count). The second kappa shape index (κ2) is 27.4. The summed E-state index contributed by atoms with van der Waals surface area (Å²) < 4.78 is 41.3. The fraction of sp³-hybridized carbons (Fsp3) is 0.500. The summed E-state index contributed by atoms with van der Waals surface area (Å²) in [5.41, 5.74) is -1.64. The van der Waals surface area contributed by atoms with E-state index in [-0.39, 0.29) is 68.2 Å². The molecule has 4 unspecified atom stereocenters. The smallest absolute Gasteiger partial charge is 0.391 e. The number of fused-ring (bicyclic) bond motifs is 1. The molecule has 7 N–H and O–H groups in total. The molecule has 0 radical (unpaired) electrons. The van der Waals surface area contributed by atoms with E-state index < -0.39 is 120 Å². The number of likely N-dealkylation sites (tertiary alicyclic amines) is 2. The number of hydrogen-bond donors (Lipinski definition) is 7. The number of carbonyl (C=O) groups is 8. The lowest BCUT2D eigenvalue weighted by Crippen LogP contribution is -2.66. The fourth-order valence-electron chi connectivity index (χ4n) is 11.4. The minimum Gasteiger partial charge on any atom is -0.391 e. The molecule has 3 saturated heterocycles. The molecule has 21 nitrogen and oxygen atoms in total. The highest BCUT2D eigenvalue weighted by Gasteiger charge is 2.51. The number of piperidine rings is 1. The molecular formula is C62H78F2N9O12PS2. The molecule has 3 aliphatic heterocycles. The molecule has 3 aliphatic rings. The van der Waals surface area contributed by atoms with Gasteiger partial charge in [-0.1, -0.05) is 102 Å². The first-order valence-electron chi connectivity index (χ1n) is 29.4. The summed E-state index contributed by atoms with van der Waals surface area (Å²) in [5.74, 6) is -4.56. The number of alkyl halides is 2. The van der Waals surface area contributed by atoms with Crippen molar-refractivity contribution in [2.45, 2.75) is 142 Å². The van der Waals surface area contributed by atoms with Crippen LogP contribution in [0.15, 0.2) is 84.4 Å². The van der Waals surface area contributed by atoms with Gasteiger partial charge in [-0.2, -0.15) is 8.78 Å². The Kier molecular flexibility index (Phi) is 20.8. The lowest BCUT2D eigenvalue weighted by Gasteiger charge is -2.45. The number of hydrogen-bond acceptors (Lipinski definition) is 13. The van der Waals surface area contributed by atoms with Gasteiger partial charge in [-0.15, -0.1) is 22.7 Å². The van der Waals surface area contributed by atoms with Gasteiger partial charge in [0.25, 0.3) is 5.91 Å². The number of aliphatic hydroxyl groups excluding tert-OH is 1. The molecule has 26 heteroatoms. The SMILES string of the molecule is Cc1ncsc1-c1ccc([C@H](C)NC(=O)[C@@H]2C[C@@H](O)CN2C(=O)C(NC(=O)CCCNC(=O)CC(=O)N2CCN(C(=O)C(NC(=O)c3cc4cc(C(F)(F)P(=O)(O)O)ccc4s3)C(C)(C)C)C(C(=O)N3CCCC(c4ccccc4)C3)C2)C(C)(C)C)cc1. The number of carbonyl (C=O) groups excluding carboxylic acids is 8. The van der Waals surface area contributed by atoms with Crippen molar-refractivity contribution in [2.24, 2.45) is 10.8 Å². The topological polar surface area (TPSA) is 288 Å². The van der Waals surface area contributed by atoms with E-state index in [1.807, 2.05) is 68.4 Å². The number of aliphatic hydroxyl groups is 1. The minimum atomic E-state index is -5.88. The van der Waals surface area contributed by atoms with Gasteiger partial charge in [-0.25, -0.2) is 4.98 Å². The van der Waals surface area contributed by atoms with Gasteiger partial charge in [0.1, 0.15) is 30.6 Å². The van der Waals surface area contributed by atoms with Crippen LogP contribution in [0.2, 0.25) is 0 Å². The predicted molar refractivity (Wildman–Crippen MR) is 329 cm³/mol. The van der Waals surface area contributed by atoms with Crippen LogP contribution in [0.5, 0.6) is 0 Å². The van der Waals surface area contributed by atoms with Crippen molar-refractivity contribution in [1.29, 1.82) is 0 Å². The molecular weight excluding hydrogens is 1200 g/mol. The summed E-state index contributed by atoms with van der Waals surface area (Å²) in [7, 11) is -5.88.